The molecular formula is C12H15F3. The van der Waals surface area contributed by atoms with E-state index in [4.69, 9.17) is 0 Å². The van der Waals surface area contributed by atoms with Gasteiger partial charge in [-0.15, -0.1) is 0 Å². The second-order valence-electron chi connectivity index (χ2n) is 4.57. The summed E-state index contributed by atoms with van der Waals surface area (Å²) in [5, 5.41) is 0. The van der Waals surface area contributed by atoms with Crippen molar-refractivity contribution in [1.29, 1.82) is 0 Å². The van der Waals surface area contributed by atoms with Crippen LogP contribution < -0.4 is 0 Å². The van der Waals surface area contributed by atoms with Crippen molar-refractivity contribution >= 4 is 0 Å². The summed E-state index contributed by atoms with van der Waals surface area (Å²) in [5.74, 6) is -3.62. The van der Waals surface area contributed by atoms with Gasteiger partial charge in [0, 0.05) is 0 Å². The monoisotopic (exact) mass is 216 g/mol. The van der Waals surface area contributed by atoms with E-state index in [-0.39, 0.29) is 5.41 Å². The highest BCUT2D eigenvalue weighted by Crippen LogP contribution is 2.26. The Labute approximate surface area is 88.1 Å². The molecule has 3 heteroatoms. The standard InChI is InChI=1S/C12H15F3/c1-4-12(2,3)7-8-5-9(13)11(15)10(14)6-8/h5-6H,4,7H2,1-3H3. The summed E-state index contributed by atoms with van der Waals surface area (Å²) in [6.07, 6.45) is 1.44. The molecule has 0 bridgehead atoms. The first kappa shape index (κ1) is 12.1. The summed E-state index contributed by atoms with van der Waals surface area (Å²) in [7, 11) is 0. The fraction of sp³-hybridized carbons (Fsp3) is 0.500. The Kier molecular flexibility index (Phi) is 3.42. The Bertz CT molecular complexity index is 333. The fourth-order valence-electron chi connectivity index (χ4n) is 1.39. The molecule has 0 atom stereocenters. The van der Waals surface area contributed by atoms with Crippen LogP contribution in [0.1, 0.15) is 32.8 Å². The maximum absolute atomic E-state index is 12.9. The van der Waals surface area contributed by atoms with E-state index in [1.165, 1.54) is 0 Å². The van der Waals surface area contributed by atoms with Crippen molar-refractivity contribution in [3.05, 3.63) is 35.1 Å². The van der Waals surface area contributed by atoms with Crippen LogP contribution in [0.3, 0.4) is 0 Å². The van der Waals surface area contributed by atoms with Crippen LogP contribution in [-0.2, 0) is 6.42 Å². The number of hydrogen-bond acceptors (Lipinski definition) is 0. The summed E-state index contributed by atoms with van der Waals surface area (Å²) < 4.78 is 38.5. The number of rotatable bonds is 3. The summed E-state index contributed by atoms with van der Waals surface area (Å²) >= 11 is 0. The van der Waals surface area contributed by atoms with Crippen molar-refractivity contribution in [1.82, 2.24) is 0 Å². The molecule has 1 aromatic rings. The Morgan fingerprint density at radius 3 is 1.93 bits per heavy atom. The first-order chi connectivity index (χ1) is 6.85. The molecule has 0 saturated carbocycles. The van der Waals surface area contributed by atoms with Crippen LogP contribution in [0.5, 0.6) is 0 Å². The van der Waals surface area contributed by atoms with Gasteiger partial charge in [0.2, 0.25) is 0 Å². The lowest BCUT2D eigenvalue weighted by molar-refractivity contribution is 0.346. The Balaban J connectivity index is 2.98. The average molecular weight is 216 g/mol. The SMILES string of the molecule is CCC(C)(C)Cc1cc(F)c(F)c(F)c1. The molecule has 0 aliphatic rings. The molecule has 0 aromatic heterocycles. The molecule has 84 valence electrons. The molecule has 0 amide bonds. The fourth-order valence-corrected chi connectivity index (χ4v) is 1.39. The third-order valence-corrected chi connectivity index (χ3v) is 2.68. The minimum absolute atomic E-state index is 0.0310. The molecule has 0 N–H and O–H groups in total. The van der Waals surface area contributed by atoms with Gasteiger partial charge in [0.25, 0.3) is 0 Å². The van der Waals surface area contributed by atoms with Crippen LogP contribution in [0.15, 0.2) is 12.1 Å². The van der Waals surface area contributed by atoms with E-state index in [0.717, 1.165) is 18.6 Å². The molecule has 0 nitrogen and oxygen atoms in total. The maximum atomic E-state index is 12.9. The van der Waals surface area contributed by atoms with Gasteiger partial charge in [0.05, 0.1) is 0 Å². The van der Waals surface area contributed by atoms with Crippen LogP contribution in [0, 0.1) is 22.9 Å². The van der Waals surface area contributed by atoms with Gasteiger partial charge < -0.3 is 0 Å². The highest BCUT2D eigenvalue weighted by molar-refractivity contribution is 5.20. The summed E-state index contributed by atoms with van der Waals surface area (Å²) in [5.41, 5.74) is 0.467. The van der Waals surface area contributed by atoms with Crippen LogP contribution in [0.4, 0.5) is 13.2 Å². The quantitative estimate of drug-likeness (QED) is 0.668. The largest absolute Gasteiger partial charge is 0.204 e. The summed E-state index contributed by atoms with van der Waals surface area (Å²) in [6, 6.07) is 2.13. The third-order valence-electron chi connectivity index (χ3n) is 2.68. The van der Waals surface area contributed by atoms with Gasteiger partial charge in [0.1, 0.15) is 0 Å². The highest BCUT2D eigenvalue weighted by Gasteiger charge is 2.18. The van der Waals surface area contributed by atoms with Gasteiger partial charge in [-0.05, 0) is 29.5 Å². The average Bonchev–Trinajstić information content (AvgIpc) is 2.13. The second kappa shape index (κ2) is 4.25. The number of halogens is 3. The second-order valence-corrected chi connectivity index (χ2v) is 4.57. The molecule has 0 spiro atoms. The molecule has 0 aliphatic heterocycles. The van der Waals surface area contributed by atoms with E-state index < -0.39 is 17.5 Å². The van der Waals surface area contributed by atoms with Crippen LogP contribution >= 0.6 is 0 Å². The number of benzene rings is 1. The van der Waals surface area contributed by atoms with E-state index in [1.54, 1.807) is 0 Å². The molecule has 15 heavy (non-hydrogen) atoms. The van der Waals surface area contributed by atoms with Crippen LogP contribution in [0.25, 0.3) is 0 Å². The predicted molar refractivity (Wildman–Crippen MR) is 54.1 cm³/mol. The molecule has 1 aromatic carbocycles. The molecule has 0 aliphatic carbocycles. The smallest absolute Gasteiger partial charge is 0.194 e. The van der Waals surface area contributed by atoms with Crippen LogP contribution in [-0.4, -0.2) is 0 Å². The molecule has 0 saturated heterocycles. The van der Waals surface area contributed by atoms with E-state index in [1.807, 2.05) is 20.8 Å². The van der Waals surface area contributed by atoms with Gasteiger partial charge in [0.15, 0.2) is 17.5 Å². The van der Waals surface area contributed by atoms with Crippen molar-refractivity contribution in [2.24, 2.45) is 5.41 Å². The minimum Gasteiger partial charge on any atom is -0.204 e. The van der Waals surface area contributed by atoms with Gasteiger partial charge in [-0.2, -0.15) is 0 Å². The van der Waals surface area contributed by atoms with Gasteiger partial charge in [-0.1, -0.05) is 27.2 Å². The lowest BCUT2D eigenvalue weighted by atomic mass is 9.83. The minimum atomic E-state index is -1.40. The van der Waals surface area contributed by atoms with Crippen molar-refractivity contribution in [2.45, 2.75) is 33.6 Å². The molecule has 1 rings (SSSR count). The van der Waals surface area contributed by atoms with Crippen LogP contribution in [0.2, 0.25) is 0 Å². The molecular weight excluding hydrogens is 201 g/mol. The third kappa shape index (κ3) is 2.98. The van der Waals surface area contributed by atoms with E-state index >= 15 is 0 Å². The first-order valence-corrected chi connectivity index (χ1v) is 4.99. The Hall–Kier alpha value is -0.990. The zero-order chi connectivity index (χ0) is 11.6. The molecule has 0 radical (unpaired) electrons. The van der Waals surface area contributed by atoms with E-state index in [9.17, 15) is 13.2 Å². The topological polar surface area (TPSA) is 0 Å². The van der Waals surface area contributed by atoms with Gasteiger partial charge >= 0.3 is 0 Å². The Morgan fingerprint density at radius 2 is 1.53 bits per heavy atom. The lowest BCUT2D eigenvalue weighted by Crippen LogP contribution is -2.14. The normalized spacial score (nSPS) is 11.9. The molecule has 0 heterocycles. The summed E-state index contributed by atoms with van der Waals surface area (Å²) in [4.78, 5) is 0. The van der Waals surface area contributed by atoms with Crippen molar-refractivity contribution in [2.75, 3.05) is 0 Å². The summed E-state index contributed by atoms with van der Waals surface area (Å²) in [6.45, 7) is 6.02. The maximum Gasteiger partial charge on any atom is 0.194 e. The number of hydrogen-bond donors (Lipinski definition) is 0. The zero-order valence-electron chi connectivity index (χ0n) is 9.20. The van der Waals surface area contributed by atoms with E-state index in [2.05, 4.69) is 0 Å². The van der Waals surface area contributed by atoms with E-state index in [0.29, 0.717) is 12.0 Å². The Morgan fingerprint density at radius 1 is 1.07 bits per heavy atom. The first-order valence-electron chi connectivity index (χ1n) is 4.99. The zero-order valence-corrected chi connectivity index (χ0v) is 9.20. The van der Waals surface area contributed by atoms with Crippen molar-refractivity contribution < 1.29 is 13.2 Å². The van der Waals surface area contributed by atoms with Gasteiger partial charge in [-0.3, -0.25) is 0 Å². The molecule has 0 fully saturated rings. The molecule has 0 unspecified atom stereocenters. The lowest BCUT2D eigenvalue weighted by Gasteiger charge is -2.22. The van der Waals surface area contributed by atoms with Gasteiger partial charge in [-0.25, -0.2) is 13.2 Å². The highest BCUT2D eigenvalue weighted by atomic mass is 19.2. The van der Waals surface area contributed by atoms with Crippen molar-refractivity contribution in [3.63, 3.8) is 0 Å². The predicted octanol–water partition coefficient (Wildman–Crippen LogP) is 4.08. The van der Waals surface area contributed by atoms with Crippen molar-refractivity contribution in [3.8, 4) is 0 Å².